The number of rotatable bonds is 8. The van der Waals surface area contributed by atoms with Crippen molar-refractivity contribution in [3.8, 4) is 5.75 Å². The van der Waals surface area contributed by atoms with Crippen LogP contribution in [0.4, 0.5) is 0 Å². The van der Waals surface area contributed by atoms with Crippen LogP contribution >= 0.6 is 0 Å². The summed E-state index contributed by atoms with van der Waals surface area (Å²) in [5, 5.41) is 9.05. The van der Waals surface area contributed by atoms with Crippen LogP contribution in [0, 0.1) is 5.41 Å². The maximum atomic E-state index is 14.4. The van der Waals surface area contributed by atoms with Crippen LogP contribution < -0.4 is 20.7 Å². The van der Waals surface area contributed by atoms with E-state index in [2.05, 4.69) is 16.0 Å². The average molecular weight is 555 g/mol. The largest absolute Gasteiger partial charge is 0.497 e. The lowest BCUT2D eigenvalue weighted by Crippen LogP contribution is -2.57. The fourth-order valence-electron chi connectivity index (χ4n) is 6.37. The topological polar surface area (TPSA) is 99.8 Å². The van der Waals surface area contributed by atoms with Gasteiger partial charge in [0, 0.05) is 6.42 Å². The molecule has 0 bridgehead atoms. The van der Waals surface area contributed by atoms with E-state index in [9.17, 15) is 14.4 Å². The number of benzene rings is 3. The standard InChI is InChI=1S/C33H38N4O4/c1-33(2)19-27-25-16-15-24(41-4)17-23(25)18-26(35-28(38)20-34-3)32(40)37(27)30(33)31(39)36-29(21-11-7-5-8-12-21)22-13-9-6-10-14-22/h5-17,26-27,29-30,34H,18-20H2,1-4H3,(H,35,38)(H,36,39). The minimum absolute atomic E-state index is 0.0867. The number of likely N-dealkylation sites (N-methyl/N-ethyl adjacent to an activating group) is 1. The van der Waals surface area contributed by atoms with Crippen LogP contribution in [0.5, 0.6) is 5.75 Å². The van der Waals surface area contributed by atoms with Gasteiger partial charge < -0.3 is 25.6 Å². The number of hydrogen-bond donors (Lipinski definition) is 3. The maximum Gasteiger partial charge on any atom is 0.246 e. The van der Waals surface area contributed by atoms with Crippen LogP contribution in [0.1, 0.15) is 54.6 Å². The first-order valence-electron chi connectivity index (χ1n) is 14.1. The van der Waals surface area contributed by atoms with E-state index in [4.69, 9.17) is 4.74 Å². The summed E-state index contributed by atoms with van der Waals surface area (Å²) in [7, 11) is 3.29. The summed E-state index contributed by atoms with van der Waals surface area (Å²) in [4.78, 5) is 43.0. The Morgan fingerprint density at radius 3 is 2.22 bits per heavy atom. The number of methoxy groups -OCH3 is 1. The molecule has 0 radical (unpaired) electrons. The van der Waals surface area contributed by atoms with Crippen molar-refractivity contribution < 1.29 is 19.1 Å². The van der Waals surface area contributed by atoms with Gasteiger partial charge in [-0.25, -0.2) is 0 Å². The van der Waals surface area contributed by atoms with Gasteiger partial charge in [-0.2, -0.15) is 0 Å². The molecule has 214 valence electrons. The number of carbonyl (C=O) groups is 3. The number of fused-ring (bicyclic) bond motifs is 3. The van der Waals surface area contributed by atoms with Crippen molar-refractivity contribution in [1.29, 1.82) is 0 Å². The lowest BCUT2D eigenvalue weighted by atomic mass is 9.81. The molecule has 0 aromatic heterocycles. The van der Waals surface area contributed by atoms with Crippen molar-refractivity contribution in [2.75, 3.05) is 20.7 Å². The van der Waals surface area contributed by atoms with Crippen LogP contribution in [0.25, 0.3) is 0 Å². The third-order valence-electron chi connectivity index (χ3n) is 8.23. The van der Waals surface area contributed by atoms with E-state index in [1.54, 1.807) is 19.1 Å². The van der Waals surface area contributed by atoms with Gasteiger partial charge >= 0.3 is 0 Å². The molecule has 0 aliphatic carbocycles. The van der Waals surface area contributed by atoms with E-state index in [-0.39, 0.29) is 36.3 Å². The van der Waals surface area contributed by atoms with E-state index in [0.29, 0.717) is 18.6 Å². The molecule has 2 heterocycles. The van der Waals surface area contributed by atoms with Crippen LogP contribution in [0.15, 0.2) is 78.9 Å². The van der Waals surface area contributed by atoms with Crippen molar-refractivity contribution in [2.24, 2.45) is 5.41 Å². The first-order valence-corrected chi connectivity index (χ1v) is 14.1. The summed E-state index contributed by atoms with van der Waals surface area (Å²) < 4.78 is 5.48. The van der Waals surface area contributed by atoms with Gasteiger partial charge in [-0.05, 0) is 53.3 Å². The summed E-state index contributed by atoms with van der Waals surface area (Å²) in [5.41, 5.74) is 3.29. The predicted octanol–water partition coefficient (Wildman–Crippen LogP) is 3.53. The number of ether oxygens (including phenoxy) is 1. The summed E-state index contributed by atoms with van der Waals surface area (Å²) >= 11 is 0. The third-order valence-corrected chi connectivity index (χ3v) is 8.23. The highest BCUT2D eigenvalue weighted by atomic mass is 16.5. The molecular weight excluding hydrogens is 516 g/mol. The molecule has 3 unspecified atom stereocenters. The van der Waals surface area contributed by atoms with Gasteiger partial charge in [0.25, 0.3) is 0 Å². The van der Waals surface area contributed by atoms with Crippen LogP contribution in [-0.2, 0) is 20.8 Å². The number of hydrogen-bond acceptors (Lipinski definition) is 5. The zero-order valence-corrected chi connectivity index (χ0v) is 24.0. The second kappa shape index (κ2) is 11.7. The number of carbonyl (C=O) groups excluding carboxylic acids is 3. The van der Waals surface area contributed by atoms with Crippen molar-refractivity contribution >= 4 is 17.7 Å². The van der Waals surface area contributed by atoms with Crippen molar-refractivity contribution in [2.45, 2.75) is 50.9 Å². The molecule has 2 aliphatic rings. The highest BCUT2D eigenvalue weighted by Crippen LogP contribution is 2.50. The second-order valence-corrected chi connectivity index (χ2v) is 11.5. The maximum absolute atomic E-state index is 14.4. The SMILES string of the molecule is CNCC(=O)NC1Cc2cc(OC)ccc2C2CC(C)(C)C(C(=O)NC(c3ccccc3)c3ccccc3)N2C1=O. The van der Waals surface area contributed by atoms with E-state index in [0.717, 1.165) is 22.3 Å². The molecule has 3 N–H and O–H groups in total. The van der Waals surface area contributed by atoms with Crippen LogP contribution in [0.2, 0.25) is 0 Å². The Morgan fingerprint density at radius 2 is 1.63 bits per heavy atom. The van der Waals surface area contributed by atoms with Gasteiger partial charge in [0.15, 0.2) is 0 Å². The molecule has 5 rings (SSSR count). The van der Waals surface area contributed by atoms with Crippen LogP contribution in [-0.4, -0.2) is 55.4 Å². The zero-order chi connectivity index (χ0) is 29.1. The Kier molecular flexibility index (Phi) is 8.13. The van der Waals surface area contributed by atoms with E-state index < -0.39 is 17.5 Å². The molecule has 2 aliphatic heterocycles. The molecule has 8 nitrogen and oxygen atoms in total. The number of amides is 3. The number of nitrogens with one attached hydrogen (secondary N) is 3. The monoisotopic (exact) mass is 554 g/mol. The van der Waals surface area contributed by atoms with Gasteiger partial charge in [-0.1, -0.05) is 80.6 Å². The average Bonchev–Trinajstić information content (AvgIpc) is 3.21. The zero-order valence-electron chi connectivity index (χ0n) is 24.0. The van der Waals surface area contributed by atoms with Crippen molar-refractivity contribution in [3.05, 3.63) is 101 Å². The van der Waals surface area contributed by atoms with Gasteiger partial charge in [0.2, 0.25) is 17.7 Å². The Hall–Kier alpha value is -4.17. The minimum atomic E-state index is -0.810. The van der Waals surface area contributed by atoms with E-state index in [1.165, 1.54) is 0 Å². The molecule has 0 spiro atoms. The summed E-state index contributed by atoms with van der Waals surface area (Å²) in [6, 6.07) is 23.3. The minimum Gasteiger partial charge on any atom is -0.497 e. The fraction of sp³-hybridized carbons (Fsp3) is 0.364. The highest BCUT2D eigenvalue weighted by molar-refractivity contribution is 5.94. The van der Waals surface area contributed by atoms with Gasteiger partial charge in [0.05, 0.1) is 25.7 Å². The molecule has 3 aromatic rings. The Morgan fingerprint density at radius 1 is 1.00 bits per heavy atom. The molecule has 3 amide bonds. The lowest BCUT2D eigenvalue weighted by molar-refractivity contribution is -0.145. The third kappa shape index (κ3) is 5.70. The molecule has 0 saturated carbocycles. The summed E-state index contributed by atoms with van der Waals surface area (Å²) in [6.07, 6.45) is 0.925. The normalized spacial score (nSPS) is 21.0. The van der Waals surface area contributed by atoms with E-state index in [1.807, 2.05) is 92.7 Å². The van der Waals surface area contributed by atoms with Gasteiger partial charge in [-0.3, -0.25) is 14.4 Å². The first-order chi connectivity index (χ1) is 19.7. The molecular formula is C33H38N4O4. The predicted molar refractivity (Wildman–Crippen MR) is 157 cm³/mol. The van der Waals surface area contributed by atoms with Crippen molar-refractivity contribution in [1.82, 2.24) is 20.9 Å². The fourth-order valence-corrected chi connectivity index (χ4v) is 6.37. The van der Waals surface area contributed by atoms with Gasteiger partial charge in [0.1, 0.15) is 17.8 Å². The molecule has 3 atom stereocenters. The highest BCUT2D eigenvalue weighted by Gasteiger charge is 2.55. The lowest BCUT2D eigenvalue weighted by Gasteiger charge is -2.35. The molecule has 3 aromatic carbocycles. The van der Waals surface area contributed by atoms with E-state index >= 15 is 0 Å². The smallest absolute Gasteiger partial charge is 0.246 e. The molecule has 1 fully saturated rings. The molecule has 1 saturated heterocycles. The molecule has 8 heteroatoms. The first kappa shape index (κ1) is 28.4. The Bertz CT molecular complexity index is 1370. The van der Waals surface area contributed by atoms with Gasteiger partial charge in [-0.15, -0.1) is 0 Å². The van der Waals surface area contributed by atoms with Crippen molar-refractivity contribution in [3.63, 3.8) is 0 Å². The quantitative estimate of drug-likeness (QED) is 0.396. The van der Waals surface area contributed by atoms with Crippen LogP contribution in [0.3, 0.4) is 0 Å². The Labute approximate surface area is 241 Å². The Balaban J connectivity index is 1.55. The number of nitrogens with zero attached hydrogens (tertiary/aromatic N) is 1. The second-order valence-electron chi connectivity index (χ2n) is 11.5. The molecule has 41 heavy (non-hydrogen) atoms. The summed E-state index contributed by atoms with van der Waals surface area (Å²) in [6.45, 7) is 4.16. The summed E-state index contributed by atoms with van der Waals surface area (Å²) in [5.74, 6) is -0.0661.